The predicted octanol–water partition coefficient (Wildman–Crippen LogP) is 2.03. The monoisotopic (exact) mass is 381 g/mol. The maximum Gasteiger partial charge on any atom is 0.225 e. The standard InChI is InChI=1S/C14H16BrN5OS/c15-11-8-16-13(17-9-11)19-3-5-20(6-4-19)14(22)18-10-12-2-1-7-21-12/h1-2,7-9H,3-6,10H2,(H,18,22). The third-order valence-electron chi connectivity index (χ3n) is 3.45. The molecule has 1 saturated heterocycles. The average Bonchev–Trinajstić information content (AvgIpc) is 3.07. The van der Waals surface area contributed by atoms with E-state index >= 15 is 0 Å². The van der Waals surface area contributed by atoms with Gasteiger partial charge in [0.25, 0.3) is 0 Å². The van der Waals surface area contributed by atoms with E-state index in [-0.39, 0.29) is 0 Å². The van der Waals surface area contributed by atoms with Crippen molar-refractivity contribution in [2.45, 2.75) is 6.54 Å². The highest BCUT2D eigenvalue weighted by Crippen LogP contribution is 2.13. The molecule has 1 aliphatic heterocycles. The number of rotatable bonds is 3. The highest BCUT2D eigenvalue weighted by molar-refractivity contribution is 9.10. The van der Waals surface area contributed by atoms with Gasteiger partial charge in [-0.25, -0.2) is 9.97 Å². The zero-order valence-electron chi connectivity index (χ0n) is 11.9. The zero-order valence-corrected chi connectivity index (χ0v) is 14.3. The minimum atomic E-state index is 0.613. The number of hydrogen-bond acceptors (Lipinski definition) is 5. The minimum Gasteiger partial charge on any atom is -0.467 e. The smallest absolute Gasteiger partial charge is 0.225 e. The van der Waals surface area contributed by atoms with E-state index in [2.05, 4.69) is 41.0 Å². The van der Waals surface area contributed by atoms with Crippen LogP contribution in [0.2, 0.25) is 0 Å². The molecule has 0 spiro atoms. The van der Waals surface area contributed by atoms with Crippen molar-refractivity contribution in [2.24, 2.45) is 0 Å². The molecule has 2 aromatic rings. The molecule has 1 aliphatic rings. The SMILES string of the molecule is S=C(NCc1ccco1)N1CCN(c2ncc(Br)cn2)CC1. The molecule has 2 aromatic heterocycles. The largest absolute Gasteiger partial charge is 0.467 e. The molecule has 0 aliphatic carbocycles. The maximum absolute atomic E-state index is 5.44. The van der Waals surface area contributed by atoms with E-state index in [0.29, 0.717) is 6.54 Å². The second kappa shape index (κ2) is 7.06. The molecule has 116 valence electrons. The molecule has 8 heteroatoms. The molecule has 0 aromatic carbocycles. The number of furan rings is 1. The topological polar surface area (TPSA) is 57.4 Å². The van der Waals surface area contributed by atoms with E-state index in [0.717, 1.165) is 47.5 Å². The van der Waals surface area contributed by atoms with Gasteiger partial charge >= 0.3 is 0 Å². The van der Waals surface area contributed by atoms with Gasteiger partial charge in [-0.15, -0.1) is 0 Å². The highest BCUT2D eigenvalue weighted by atomic mass is 79.9. The van der Waals surface area contributed by atoms with Crippen LogP contribution in [0.25, 0.3) is 0 Å². The van der Waals surface area contributed by atoms with E-state index < -0.39 is 0 Å². The number of aromatic nitrogens is 2. The Balaban J connectivity index is 1.48. The lowest BCUT2D eigenvalue weighted by Crippen LogP contribution is -2.52. The number of piperazine rings is 1. The number of nitrogens with zero attached hydrogens (tertiary/aromatic N) is 4. The van der Waals surface area contributed by atoms with Crippen LogP contribution in [-0.4, -0.2) is 46.2 Å². The van der Waals surface area contributed by atoms with Crippen molar-refractivity contribution < 1.29 is 4.42 Å². The van der Waals surface area contributed by atoms with Gasteiger partial charge in [0, 0.05) is 38.6 Å². The van der Waals surface area contributed by atoms with Gasteiger partial charge in [-0.05, 0) is 40.3 Å². The molecule has 3 heterocycles. The van der Waals surface area contributed by atoms with E-state index in [1.807, 2.05) is 12.1 Å². The minimum absolute atomic E-state index is 0.613. The fourth-order valence-electron chi connectivity index (χ4n) is 2.27. The van der Waals surface area contributed by atoms with Gasteiger partial charge in [0.2, 0.25) is 5.95 Å². The number of thiocarbonyl (C=S) groups is 1. The fourth-order valence-corrected chi connectivity index (χ4v) is 2.73. The van der Waals surface area contributed by atoms with E-state index in [1.54, 1.807) is 18.7 Å². The van der Waals surface area contributed by atoms with Gasteiger partial charge in [0.15, 0.2) is 5.11 Å². The quantitative estimate of drug-likeness (QED) is 0.816. The van der Waals surface area contributed by atoms with Crippen LogP contribution in [0.4, 0.5) is 5.95 Å². The first-order valence-corrected chi connectivity index (χ1v) is 8.20. The molecule has 1 fully saturated rings. The molecule has 0 radical (unpaired) electrons. The Morgan fingerprint density at radius 1 is 1.27 bits per heavy atom. The first kappa shape index (κ1) is 15.2. The molecular formula is C14H16BrN5OS. The molecule has 0 bridgehead atoms. The van der Waals surface area contributed by atoms with Gasteiger partial charge in [0.05, 0.1) is 17.3 Å². The number of halogens is 1. The van der Waals surface area contributed by atoms with E-state index in [9.17, 15) is 0 Å². The van der Waals surface area contributed by atoms with Crippen molar-refractivity contribution in [2.75, 3.05) is 31.1 Å². The van der Waals surface area contributed by atoms with Gasteiger partial charge in [0.1, 0.15) is 5.76 Å². The van der Waals surface area contributed by atoms with Crippen molar-refractivity contribution in [3.05, 3.63) is 41.0 Å². The van der Waals surface area contributed by atoms with Gasteiger partial charge in [-0.2, -0.15) is 0 Å². The van der Waals surface area contributed by atoms with Crippen LogP contribution in [0.1, 0.15) is 5.76 Å². The lowest BCUT2D eigenvalue weighted by molar-refractivity contribution is 0.375. The average molecular weight is 382 g/mol. The Morgan fingerprint density at radius 2 is 2.00 bits per heavy atom. The van der Waals surface area contributed by atoms with Crippen LogP contribution in [-0.2, 0) is 6.54 Å². The number of anilines is 1. The van der Waals surface area contributed by atoms with E-state index in [4.69, 9.17) is 16.6 Å². The number of nitrogens with one attached hydrogen (secondary N) is 1. The van der Waals surface area contributed by atoms with Crippen LogP contribution >= 0.6 is 28.1 Å². The Hall–Kier alpha value is -1.67. The Bertz CT molecular complexity index is 611. The van der Waals surface area contributed by atoms with Crippen LogP contribution in [0.15, 0.2) is 39.7 Å². The summed E-state index contributed by atoms with van der Waals surface area (Å²) in [5.41, 5.74) is 0. The summed E-state index contributed by atoms with van der Waals surface area (Å²) in [6.07, 6.45) is 5.20. The summed E-state index contributed by atoms with van der Waals surface area (Å²) in [6.45, 7) is 4.02. The molecule has 3 rings (SSSR count). The van der Waals surface area contributed by atoms with Crippen molar-refractivity contribution >= 4 is 39.2 Å². The molecule has 0 unspecified atom stereocenters. The first-order valence-electron chi connectivity index (χ1n) is 7.00. The first-order chi connectivity index (χ1) is 10.7. The third kappa shape index (κ3) is 3.75. The lowest BCUT2D eigenvalue weighted by atomic mass is 10.3. The molecule has 0 amide bonds. The summed E-state index contributed by atoms with van der Waals surface area (Å²) in [7, 11) is 0. The summed E-state index contributed by atoms with van der Waals surface area (Å²) in [6, 6.07) is 3.80. The summed E-state index contributed by atoms with van der Waals surface area (Å²) < 4.78 is 6.17. The lowest BCUT2D eigenvalue weighted by Gasteiger charge is -2.36. The molecule has 0 saturated carbocycles. The van der Waals surface area contributed by atoms with Gasteiger partial charge in [-0.1, -0.05) is 0 Å². The molecule has 22 heavy (non-hydrogen) atoms. The second-order valence-corrected chi connectivity index (χ2v) is 6.22. The van der Waals surface area contributed by atoms with Gasteiger partial charge < -0.3 is 19.5 Å². The van der Waals surface area contributed by atoms with Crippen LogP contribution in [0.5, 0.6) is 0 Å². The second-order valence-electron chi connectivity index (χ2n) is 4.91. The molecule has 0 atom stereocenters. The van der Waals surface area contributed by atoms with Gasteiger partial charge in [-0.3, -0.25) is 0 Å². The Morgan fingerprint density at radius 3 is 2.64 bits per heavy atom. The molecule has 6 nitrogen and oxygen atoms in total. The van der Waals surface area contributed by atoms with Crippen molar-refractivity contribution in [3.8, 4) is 0 Å². The summed E-state index contributed by atoms with van der Waals surface area (Å²) in [5.74, 6) is 1.64. The summed E-state index contributed by atoms with van der Waals surface area (Å²) in [4.78, 5) is 13.0. The van der Waals surface area contributed by atoms with Crippen molar-refractivity contribution in [3.63, 3.8) is 0 Å². The molecule has 1 N–H and O–H groups in total. The van der Waals surface area contributed by atoms with Crippen LogP contribution < -0.4 is 10.2 Å². The predicted molar refractivity (Wildman–Crippen MR) is 91.7 cm³/mol. The summed E-state index contributed by atoms with van der Waals surface area (Å²) in [5, 5.41) is 3.98. The number of hydrogen-bond donors (Lipinski definition) is 1. The zero-order chi connectivity index (χ0) is 15.4. The fraction of sp³-hybridized carbons (Fsp3) is 0.357. The van der Waals surface area contributed by atoms with Crippen LogP contribution in [0, 0.1) is 0 Å². The van der Waals surface area contributed by atoms with Crippen molar-refractivity contribution in [1.82, 2.24) is 20.2 Å². The highest BCUT2D eigenvalue weighted by Gasteiger charge is 2.20. The Kier molecular flexibility index (Phi) is 4.89. The normalized spacial score (nSPS) is 15.0. The Labute approximate surface area is 142 Å². The maximum atomic E-state index is 5.44. The van der Waals surface area contributed by atoms with Crippen LogP contribution in [0.3, 0.4) is 0 Å². The molecular weight excluding hydrogens is 366 g/mol. The third-order valence-corrected chi connectivity index (χ3v) is 4.26. The van der Waals surface area contributed by atoms with Crippen molar-refractivity contribution in [1.29, 1.82) is 0 Å². The summed E-state index contributed by atoms with van der Waals surface area (Å²) >= 11 is 8.78. The van der Waals surface area contributed by atoms with E-state index in [1.165, 1.54) is 0 Å².